The number of urea groups is 1. The molecule has 124 valence electrons. The standard InChI is InChI=1S/C16H21N3O3S/c1-10-6-11(15(17)20)8-12(7-10)18-16(21)19-5-4-13-2-3-14(9-19)23(13)22/h6-8,13-14H,2-5,9H2,1H3,(H2,17,20)(H,18,21). The first-order chi connectivity index (χ1) is 10.9. The van der Waals surface area contributed by atoms with Crippen molar-refractivity contribution in [3.8, 4) is 0 Å². The van der Waals surface area contributed by atoms with Crippen LogP contribution in [-0.4, -0.2) is 44.6 Å². The Kier molecular flexibility index (Phi) is 4.39. The lowest BCUT2D eigenvalue weighted by Gasteiger charge is -2.24. The number of amides is 3. The molecule has 2 fully saturated rings. The first-order valence-corrected chi connectivity index (χ1v) is 9.08. The maximum atomic E-state index is 12.5. The molecule has 0 radical (unpaired) electrons. The quantitative estimate of drug-likeness (QED) is 0.860. The highest BCUT2D eigenvalue weighted by atomic mass is 32.2. The smallest absolute Gasteiger partial charge is 0.321 e. The molecule has 2 bridgehead atoms. The minimum Gasteiger partial charge on any atom is -0.366 e. The summed E-state index contributed by atoms with van der Waals surface area (Å²) >= 11 is 0. The maximum absolute atomic E-state index is 12.5. The number of aryl methyl sites for hydroxylation is 1. The van der Waals surface area contributed by atoms with Crippen molar-refractivity contribution in [2.75, 3.05) is 18.4 Å². The van der Waals surface area contributed by atoms with Crippen molar-refractivity contribution >= 4 is 28.4 Å². The van der Waals surface area contributed by atoms with Gasteiger partial charge in [0.1, 0.15) is 0 Å². The Morgan fingerprint density at radius 3 is 2.70 bits per heavy atom. The van der Waals surface area contributed by atoms with Crippen molar-refractivity contribution in [1.29, 1.82) is 0 Å². The number of fused-ring (bicyclic) bond motifs is 2. The van der Waals surface area contributed by atoms with Crippen LogP contribution in [0.3, 0.4) is 0 Å². The number of carbonyl (C=O) groups excluding carboxylic acids is 2. The van der Waals surface area contributed by atoms with E-state index in [1.54, 1.807) is 23.1 Å². The maximum Gasteiger partial charge on any atom is 0.321 e. The molecule has 3 amide bonds. The third-order valence-electron chi connectivity index (χ3n) is 4.51. The van der Waals surface area contributed by atoms with E-state index in [0.717, 1.165) is 24.8 Å². The van der Waals surface area contributed by atoms with Gasteiger partial charge in [-0.1, -0.05) is 0 Å². The number of hydrogen-bond donors (Lipinski definition) is 2. The number of primary amides is 1. The van der Waals surface area contributed by atoms with Crippen molar-refractivity contribution < 1.29 is 13.8 Å². The Balaban J connectivity index is 1.72. The van der Waals surface area contributed by atoms with Crippen LogP contribution in [0.4, 0.5) is 10.5 Å². The molecule has 3 N–H and O–H groups in total. The summed E-state index contributed by atoms with van der Waals surface area (Å²) in [5.74, 6) is -0.522. The van der Waals surface area contributed by atoms with E-state index in [-0.39, 0.29) is 16.5 Å². The van der Waals surface area contributed by atoms with E-state index in [4.69, 9.17) is 5.73 Å². The number of hydrogen-bond acceptors (Lipinski definition) is 3. The molecule has 2 aliphatic heterocycles. The van der Waals surface area contributed by atoms with Crippen molar-refractivity contribution in [1.82, 2.24) is 4.90 Å². The van der Waals surface area contributed by atoms with Gasteiger partial charge in [0.15, 0.2) is 0 Å². The minimum absolute atomic E-state index is 0.0898. The van der Waals surface area contributed by atoms with Crippen LogP contribution in [0.25, 0.3) is 0 Å². The molecule has 6 nitrogen and oxygen atoms in total. The number of rotatable bonds is 2. The number of nitrogens with zero attached hydrogens (tertiary/aromatic N) is 1. The normalized spacial score (nSPS) is 26.7. The summed E-state index contributed by atoms with van der Waals surface area (Å²) in [6.07, 6.45) is 2.72. The zero-order chi connectivity index (χ0) is 16.6. The average molecular weight is 335 g/mol. The van der Waals surface area contributed by atoms with Crippen LogP contribution < -0.4 is 11.1 Å². The average Bonchev–Trinajstić information content (AvgIpc) is 2.71. The van der Waals surface area contributed by atoms with Crippen LogP contribution in [0.5, 0.6) is 0 Å². The Morgan fingerprint density at radius 1 is 1.22 bits per heavy atom. The highest BCUT2D eigenvalue weighted by molar-refractivity contribution is 7.86. The number of benzene rings is 1. The largest absolute Gasteiger partial charge is 0.366 e. The van der Waals surface area contributed by atoms with Crippen LogP contribution in [0.1, 0.15) is 35.2 Å². The van der Waals surface area contributed by atoms with E-state index in [1.807, 2.05) is 6.92 Å². The van der Waals surface area contributed by atoms with Crippen LogP contribution in [0, 0.1) is 6.92 Å². The molecule has 0 saturated carbocycles. The second-order valence-corrected chi connectivity index (χ2v) is 8.26. The highest BCUT2D eigenvalue weighted by Crippen LogP contribution is 2.30. The van der Waals surface area contributed by atoms with E-state index in [0.29, 0.717) is 24.3 Å². The number of carbonyl (C=O) groups is 2. The van der Waals surface area contributed by atoms with Crippen LogP contribution >= 0.6 is 0 Å². The fourth-order valence-corrected chi connectivity index (χ4v) is 5.27. The molecular weight excluding hydrogens is 314 g/mol. The third-order valence-corrected chi connectivity index (χ3v) is 6.68. The first-order valence-electron chi connectivity index (χ1n) is 7.81. The summed E-state index contributed by atoms with van der Waals surface area (Å²) in [7, 11) is -0.816. The summed E-state index contributed by atoms with van der Waals surface area (Å²) in [6.45, 7) is 2.99. The molecule has 1 aromatic rings. The number of nitrogens with one attached hydrogen (secondary N) is 1. The highest BCUT2D eigenvalue weighted by Gasteiger charge is 2.38. The molecule has 2 heterocycles. The monoisotopic (exact) mass is 335 g/mol. The Labute approximate surface area is 137 Å². The van der Waals surface area contributed by atoms with Gasteiger partial charge >= 0.3 is 6.03 Å². The van der Waals surface area contributed by atoms with Gasteiger partial charge in [-0.2, -0.15) is 0 Å². The molecule has 23 heavy (non-hydrogen) atoms. The fourth-order valence-electron chi connectivity index (χ4n) is 3.32. The summed E-state index contributed by atoms with van der Waals surface area (Å²) in [6, 6.07) is 4.85. The van der Waals surface area contributed by atoms with Gasteiger partial charge in [-0.05, 0) is 49.9 Å². The van der Waals surface area contributed by atoms with Gasteiger partial charge in [0.2, 0.25) is 5.91 Å². The van der Waals surface area contributed by atoms with Crippen molar-refractivity contribution in [2.24, 2.45) is 5.73 Å². The molecule has 3 unspecified atom stereocenters. The van der Waals surface area contributed by atoms with Gasteiger partial charge in [0.05, 0.1) is 5.25 Å². The predicted molar refractivity (Wildman–Crippen MR) is 89.9 cm³/mol. The summed E-state index contributed by atoms with van der Waals surface area (Å²) in [4.78, 5) is 25.6. The number of likely N-dealkylation sites (tertiary alicyclic amines) is 1. The molecule has 0 aliphatic carbocycles. The Morgan fingerprint density at radius 2 is 1.96 bits per heavy atom. The minimum atomic E-state index is -0.816. The SMILES string of the molecule is Cc1cc(NC(=O)N2CCC3CCC(C2)S3=O)cc(C(N)=O)c1. The van der Waals surface area contributed by atoms with Gasteiger partial charge in [-0.15, -0.1) is 0 Å². The topological polar surface area (TPSA) is 92.5 Å². The lowest BCUT2D eigenvalue weighted by molar-refractivity contribution is 0.1000. The second kappa shape index (κ2) is 6.31. The van der Waals surface area contributed by atoms with Crippen molar-refractivity contribution in [3.63, 3.8) is 0 Å². The van der Waals surface area contributed by atoms with E-state index >= 15 is 0 Å². The van der Waals surface area contributed by atoms with Gasteiger partial charge in [-0.25, -0.2) is 4.79 Å². The fraction of sp³-hybridized carbons (Fsp3) is 0.500. The van der Waals surface area contributed by atoms with Crippen LogP contribution in [0.2, 0.25) is 0 Å². The van der Waals surface area contributed by atoms with E-state index < -0.39 is 16.7 Å². The number of anilines is 1. The van der Waals surface area contributed by atoms with E-state index in [1.165, 1.54) is 0 Å². The first kappa shape index (κ1) is 16.0. The van der Waals surface area contributed by atoms with Crippen molar-refractivity contribution in [3.05, 3.63) is 29.3 Å². The van der Waals surface area contributed by atoms with E-state index in [9.17, 15) is 13.8 Å². The molecule has 3 rings (SSSR count). The zero-order valence-electron chi connectivity index (χ0n) is 13.1. The molecule has 7 heteroatoms. The summed E-state index contributed by atoms with van der Waals surface area (Å²) < 4.78 is 12.2. The second-order valence-electron chi connectivity index (χ2n) is 6.27. The summed E-state index contributed by atoms with van der Waals surface area (Å²) in [5.41, 5.74) is 7.09. The predicted octanol–water partition coefficient (Wildman–Crippen LogP) is 1.61. The molecule has 1 aromatic carbocycles. The zero-order valence-corrected chi connectivity index (χ0v) is 13.9. The molecule has 2 saturated heterocycles. The van der Waals surface area contributed by atoms with Crippen LogP contribution in [-0.2, 0) is 10.8 Å². The van der Waals surface area contributed by atoms with Gasteiger partial charge < -0.3 is 16.0 Å². The lowest BCUT2D eigenvalue weighted by atomic mass is 10.1. The number of nitrogens with two attached hydrogens (primary N) is 1. The molecule has 3 atom stereocenters. The summed E-state index contributed by atoms with van der Waals surface area (Å²) in [5, 5.41) is 3.15. The Hall–Kier alpha value is -1.89. The molecule has 2 aliphatic rings. The van der Waals surface area contributed by atoms with Crippen molar-refractivity contribution in [2.45, 2.75) is 36.7 Å². The van der Waals surface area contributed by atoms with Crippen LogP contribution in [0.15, 0.2) is 18.2 Å². The van der Waals surface area contributed by atoms with Gasteiger partial charge in [0, 0.05) is 40.4 Å². The van der Waals surface area contributed by atoms with Gasteiger partial charge in [0.25, 0.3) is 0 Å². The molecular formula is C16H21N3O3S. The third kappa shape index (κ3) is 3.39. The molecule has 0 aromatic heterocycles. The molecule has 0 spiro atoms. The van der Waals surface area contributed by atoms with E-state index in [2.05, 4.69) is 5.32 Å². The van der Waals surface area contributed by atoms with Gasteiger partial charge in [-0.3, -0.25) is 9.00 Å². The lowest BCUT2D eigenvalue weighted by Crippen LogP contribution is -2.40. The Bertz CT molecular complexity index is 677.